The maximum atomic E-state index is 12.2. The Morgan fingerprint density at radius 1 is 1.20 bits per heavy atom. The molecule has 3 rings (SSSR count). The second-order valence-electron chi connectivity index (χ2n) is 5.97. The number of cyclic esters (lactones) is 1. The van der Waals surface area contributed by atoms with Crippen molar-refractivity contribution >= 4 is 17.8 Å². The van der Waals surface area contributed by atoms with Crippen LogP contribution in [0.1, 0.15) is 24.1 Å². The molecule has 130 valence electrons. The van der Waals surface area contributed by atoms with Crippen LogP contribution in [0.2, 0.25) is 0 Å². The van der Waals surface area contributed by atoms with Crippen molar-refractivity contribution < 1.29 is 14.3 Å². The average Bonchev–Trinajstić information content (AvgIpc) is 3.00. The predicted octanol–water partition coefficient (Wildman–Crippen LogP) is 3.52. The summed E-state index contributed by atoms with van der Waals surface area (Å²) in [7, 11) is 0. The molecule has 6 nitrogen and oxygen atoms in total. The van der Waals surface area contributed by atoms with E-state index in [0.29, 0.717) is 25.4 Å². The molecule has 1 saturated heterocycles. The predicted molar refractivity (Wildman–Crippen MR) is 95.2 cm³/mol. The van der Waals surface area contributed by atoms with Crippen molar-refractivity contribution in [2.75, 3.05) is 18.5 Å². The molecule has 0 bridgehead atoms. The second kappa shape index (κ2) is 7.70. The third kappa shape index (κ3) is 4.50. The standard InChI is InChI=1S/C19H21N3O3/c1-14(16-7-3-2-4-8-16)20-18(23)21-17-9-5-6-15(12-17)13-22-10-11-25-19(22)24/h2-9,12,14H,10-11,13H2,1H3,(H2,20,21,23)/t14-/m0/s1. The minimum atomic E-state index is -0.298. The monoisotopic (exact) mass is 339 g/mol. The maximum absolute atomic E-state index is 12.2. The lowest BCUT2D eigenvalue weighted by Crippen LogP contribution is -2.31. The fraction of sp³-hybridized carbons (Fsp3) is 0.263. The van der Waals surface area contributed by atoms with Crippen LogP contribution < -0.4 is 10.6 Å². The van der Waals surface area contributed by atoms with Crippen LogP contribution >= 0.6 is 0 Å². The molecule has 2 aromatic rings. The lowest BCUT2D eigenvalue weighted by molar-refractivity contribution is 0.157. The first-order valence-electron chi connectivity index (χ1n) is 8.25. The molecule has 1 atom stereocenters. The molecular formula is C19H21N3O3. The Bertz CT molecular complexity index is 749. The van der Waals surface area contributed by atoms with Gasteiger partial charge in [-0.25, -0.2) is 9.59 Å². The summed E-state index contributed by atoms with van der Waals surface area (Å²) in [6.07, 6.45) is -0.298. The molecule has 1 aliphatic heterocycles. The molecule has 0 unspecified atom stereocenters. The van der Waals surface area contributed by atoms with Crippen LogP contribution in [0, 0.1) is 0 Å². The van der Waals surface area contributed by atoms with Crippen LogP contribution in [0.3, 0.4) is 0 Å². The van der Waals surface area contributed by atoms with E-state index in [1.807, 2.05) is 61.5 Å². The van der Waals surface area contributed by atoms with E-state index < -0.39 is 0 Å². The number of carbonyl (C=O) groups is 2. The SMILES string of the molecule is C[C@H](NC(=O)Nc1cccc(CN2CCOC2=O)c1)c1ccccc1. The van der Waals surface area contributed by atoms with Gasteiger partial charge in [0.05, 0.1) is 12.6 Å². The fourth-order valence-corrected chi connectivity index (χ4v) is 2.73. The molecule has 6 heteroatoms. The Morgan fingerprint density at radius 3 is 2.72 bits per heavy atom. The van der Waals surface area contributed by atoms with Crippen molar-refractivity contribution in [2.24, 2.45) is 0 Å². The van der Waals surface area contributed by atoms with Crippen molar-refractivity contribution in [1.82, 2.24) is 10.2 Å². The van der Waals surface area contributed by atoms with Crippen molar-refractivity contribution in [2.45, 2.75) is 19.5 Å². The summed E-state index contributed by atoms with van der Waals surface area (Å²) in [5.74, 6) is 0. The van der Waals surface area contributed by atoms with Gasteiger partial charge in [0.25, 0.3) is 0 Å². The Hall–Kier alpha value is -3.02. The van der Waals surface area contributed by atoms with Crippen molar-refractivity contribution in [3.05, 3.63) is 65.7 Å². The lowest BCUT2D eigenvalue weighted by atomic mass is 10.1. The van der Waals surface area contributed by atoms with E-state index in [9.17, 15) is 9.59 Å². The molecule has 2 aromatic carbocycles. The van der Waals surface area contributed by atoms with Gasteiger partial charge in [-0.1, -0.05) is 42.5 Å². The second-order valence-corrected chi connectivity index (χ2v) is 5.97. The summed E-state index contributed by atoms with van der Waals surface area (Å²) < 4.78 is 4.93. The third-order valence-corrected chi connectivity index (χ3v) is 4.05. The zero-order valence-corrected chi connectivity index (χ0v) is 14.1. The van der Waals surface area contributed by atoms with E-state index in [2.05, 4.69) is 10.6 Å². The van der Waals surface area contributed by atoms with Crippen molar-refractivity contribution in [1.29, 1.82) is 0 Å². The normalized spacial score (nSPS) is 14.8. The van der Waals surface area contributed by atoms with E-state index in [0.717, 1.165) is 11.1 Å². The molecule has 0 spiro atoms. The maximum Gasteiger partial charge on any atom is 0.410 e. The summed E-state index contributed by atoms with van der Waals surface area (Å²) in [5, 5.41) is 5.74. The number of hydrogen-bond acceptors (Lipinski definition) is 3. The summed E-state index contributed by atoms with van der Waals surface area (Å²) in [6.45, 7) is 3.42. The van der Waals surface area contributed by atoms with Crippen LogP contribution in [0.25, 0.3) is 0 Å². The van der Waals surface area contributed by atoms with Crippen LogP contribution in [0.5, 0.6) is 0 Å². The molecule has 0 aliphatic carbocycles. The van der Waals surface area contributed by atoms with Crippen molar-refractivity contribution in [3.63, 3.8) is 0 Å². The van der Waals surface area contributed by atoms with Gasteiger partial charge in [-0.05, 0) is 30.2 Å². The topological polar surface area (TPSA) is 70.7 Å². The van der Waals surface area contributed by atoms with Gasteiger partial charge >= 0.3 is 12.1 Å². The quantitative estimate of drug-likeness (QED) is 0.875. The summed E-state index contributed by atoms with van der Waals surface area (Å²) in [5.41, 5.74) is 2.66. The van der Waals surface area contributed by atoms with Gasteiger partial charge in [-0.3, -0.25) is 0 Å². The van der Waals surface area contributed by atoms with Gasteiger partial charge in [0.2, 0.25) is 0 Å². The highest BCUT2D eigenvalue weighted by molar-refractivity contribution is 5.89. The third-order valence-electron chi connectivity index (χ3n) is 4.05. The number of nitrogens with one attached hydrogen (secondary N) is 2. The molecule has 3 amide bonds. The van der Waals surface area contributed by atoms with E-state index in [-0.39, 0.29) is 18.2 Å². The number of anilines is 1. The molecule has 25 heavy (non-hydrogen) atoms. The zero-order valence-electron chi connectivity index (χ0n) is 14.1. The Kier molecular flexibility index (Phi) is 5.18. The molecule has 1 aliphatic rings. The summed E-state index contributed by atoms with van der Waals surface area (Å²) in [4.78, 5) is 25.4. The van der Waals surface area contributed by atoms with E-state index in [1.165, 1.54) is 0 Å². The first-order valence-corrected chi connectivity index (χ1v) is 8.25. The van der Waals surface area contributed by atoms with E-state index in [4.69, 9.17) is 4.74 Å². The molecular weight excluding hydrogens is 318 g/mol. The largest absolute Gasteiger partial charge is 0.448 e. The van der Waals surface area contributed by atoms with Crippen LogP contribution in [-0.2, 0) is 11.3 Å². The van der Waals surface area contributed by atoms with Gasteiger partial charge in [-0.15, -0.1) is 0 Å². The van der Waals surface area contributed by atoms with Crippen molar-refractivity contribution in [3.8, 4) is 0 Å². The number of amides is 3. The minimum absolute atomic E-state index is 0.0937. The highest BCUT2D eigenvalue weighted by atomic mass is 16.6. The van der Waals surface area contributed by atoms with Crippen LogP contribution in [-0.4, -0.2) is 30.2 Å². The summed E-state index contributed by atoms with van der Waals surface area (Å²) in [6, 6.07) is 16.9. The fourth-order valence-electron chi connectivity index (χ4n) is 2.73. The smallest absolute Gasteiger partial charge is 0.410 e. The molecule has 1 heterocycles. The van der Waals surface area contributed by atoms with Crippen LogP contribution in [0.15, 0.2) is 54.6 Å². The Labute approximate surface area is 146 Å². The Morgan fingerprint density at radius 2 is 2.00 bits per heavy atom. The minimum Gasteiger partial charge on any atom is -0.448 e. The number of nitrogens with zero attached hydrogens (tertiary/aromatic N) is 1. The van der Waals surface area contributed by atoms with Gasteiger partial charge in [0.1, 0.15) is 6.61 Å². The number of benzene rings is 2. The first kappa shape index (κ1) is 16.8. The Balaban J connectivity index is 1.58. The van der Waals surface area contributed by atoms with Gasteiger partial charge < -0.3 is 20.3 Å². The number of ether oxygens (including phenoxy) is 1. The number of urea groups is 1. The number of hydrogen-bond donors (Lipinski definition) is 2. The zero-order chi connectivity index (χ0) is 17.6. The summed E-state index contributed by atoms with van der Waals surface area (Å²) >= 11 is 0. The van der Waals surface area contributed by atoms with Gasteiger partial charge in [0.15, 0.2) is 0 Å². The average molecular weight is 339 g/mol. The first-order chi connectivity index (χ1) is 12.1. The van der Waals surface area contributed by atoms with E-state index in [1.54, 1.807) is 4.90 Å². The molecule has 0 saturated carbocycles. The number of carbonyl (C=O) groups excluding carboxylic acids is 2. The lowest BCUT2D eigenvalue weighted by Gasteiger charge is -2.16. The van der Waals surface area contributed by atoms with E-state index >= 15 is 0 Å². The molecule has 0 radical (unpaired) electrons. The number of rotatable bonds is 5. The van der Waals surface area contributed by atoms with Gasteiger partial charge in [0, 0.05) is 12.2 Å². The van der Waals surface area contributed by atoms with Crippen LogP contribution in [0.4, 0.5) is 15.3 Å². The molecule has 0 aromatic heterocycles. The molecule has 2 N–H and O–H groups in total. The highest BCUT2D eigenvalue weighted by Gasteiger charge is 2.21. The highest BCUT2D eigenvalue weighted by Crippen LogP contribution is 2.16. The molecule has 1 fully saturated rings. The van der Waals surface area contributed by atoms with Gasteiger partial charge in [-0.2, -0.15) is 0 Å².